The quantitative estimate of drug-likeness (QED) is 0.357. The summed E-state index contributed by atoms with van der Waals surface area (Å²) in [6.45, 7) is 4.82. The smallest absolute Gasteiger partial charge is 0.175 e. The first-order valence-corrected chi connectivity index (χ1v) is 11.8. The fraction of sp³-hybridized carbons (Fsp3) is 0.480. The monoisotopic (exact) mass is 409 g/mol. The first-order valence-electron chi connectivity index (χ1n) is 10.8. The SMILES string of the molecule is CC1(C)OC=Nc2ccc(OCCCSc3ccc(C4CCCCC4)cc3)cc21. The van der Waals surface area contributed by atoms with E-state index in [9.17, 15) is 0 Å². The summed E-state index contributed by atoms with van der Waals surface area (Å²) in [7, 11) is 0. The summed E-state index contributed by atoms with van der Waals surface area (Å²) in [6.07, 6.45) is 9.47. The first kappa shape index (κ1) is 20.3. The van der Waals surface area contributed by atoms with Crippen LogP contribution in [0, 0.1) is 0 Å². The van der Waals surface area contributed by atoms with Gasteiger partial charge in [-0.3, -0.25) is 0 Å². The lowest BCUT2D eigenvalue weighted by atomic mass is 9.84. The van der Waals surface area contributed by atoms with E-state index in [0.717, 1.165) is 41.7 Å². The fourth-order valence-electron chi connectivity index (χ4n) is 4.19. The van der Waals surface area contributed by atoms with E-state index in [1.807, 2.05) is 23.9 Å². The molecule has 0 aromatic heterocycles. The van der Waals surface area contributed by atoms with Gasteiger partial charge in [0.05, 0.1) is 12.3 Å². The number of hydrogen-bond donors (Lipinski definition) is 0. The second kappa shape index (κ2) is 9.25. The number of fused-ring (bicyclic) bond motifs is 1. The largest absolute Gasteiger partial charge is 0.494 e. The maximum absolute atomic E-state index is 5.98. The van der Waals surface area contributed by atoms with Crippen LogP contribution in [0.5, 0.6) is 5.75 Å². The van der Waals surface area contributed by atoms with Gasteiger partial charge in [-0.1, -0.05) is 31.4 Å². The van der Waals surface area contributed by atoms with Crippen LogP contribution >= 0.6 is 11.8 Å². The first-order chi connectivity index (χ1) is 14.1. The molecule has 0 amide bonds. The zero-order valence-electron chi connectivity index (χ0n) is 17.5. The Balaban J connectivity index is 1.22. The number of hydrogen-bond acceptors (Lipinski definition) is 4. The van der Waals surface area contributed by atoms with Gasteiger partial charge < -0.3 is 9.47 Å². The highest BCUT2D eigenvalue weighted by atomic mass is 32.2. The molecule has 1 aliphatic heterocycles. The Morgan fingerprint density at radius 1 is 1.07 bits per heavy atom. The van der Waals surface area contributed by atoms with E-state index in [1.54, 1.807) is 0 Å². The van der Waals surface area contributed by atoms with Crippen molar-refractivity contribution in [1.82, 2.24) is 0 Å². The van der Waals surface area contributed by atoms with E-state index in [2.05, 4.69) is 49.2 Å². The average molecular weight is 410 g/mol. The molecular formula is C25H31NO2S. The maximum Gasteiger partial charge on any atom is 0.175 e. The number of ether oxygens (including phenoxy) is 2. The highest BCUT2D eigenvalue weighted by molar-refractivity contribution is 7.99. The van der Waals surface area contributed by atoms with Crippen LogP contribution < -0.4 is 4.74 Å². The number of aliphatic imine (C=N–C) groups is 1. The van der Waals surface area contributed by atoms with Crippen LogP contribution in [-0.2, 0) is 10.3 Å². The Labute approximate surface area is 178 Å². The second-order valence-electron chi connectivity index (χ2n) is 8.50. The summed E-state index contributed by atoms with van der Waals surface area (Å²) in [5.74, 6) is 2.74. The van der Waals surface area contributed by atoms with Crippen molar-refractivity contribution in [3.05, 3.63) is 53.6 Å². The van der Waals surface area contributed by atoms with Crippen molar-refractivity contribution in [2.75, 3.05) is 12.4 Å². The lowest BCUT2D eigenvalue weighted by molar-refractivity contribution is 0.0998. The molecule has 2 aromatic rings. The average Bonchev–Trinajstić information content (AvgIpc) is 2.75. The third-order valence-electron chi connectivity index (χ3n) is 5.94. The molecule has 0 atom stereocenters. The van der Waals surface area contributed by atoms with Gasteiger partial charge in [-0.2, -0.15) is 0 Å². The molecule has 1 fully saturated rings. The van der Waals surface area contributed by atoms with Crippen LogP contribution in [0.4, 0.5) is 5.69 Å². The van der Waals surface area contributed by atoms with Gasteiger partial charge in [0.1, 0.15) is 11.4 Å². The van der Waals surface area contributed by atoms with Gasteiger partial charge in [0, 0.05) is 16.2 Å². The molecule has 1 aliphatic carbocycles. The molecule has 4 rings (SSSR count). The summed E-state index contributed by atoms with van der Waals surface area (Å²) < 4.78 is 11.6. The van der Waals surface area contributed by atoms with Gasteiger partial charge in [-0.05, 0) is 74.9 Å². The molecular weight excluding hydrogens is 378 g/mol. The third kappa shape index (κ3) is 5.16. The normalized spacial score (nSPS) is 18.1. The number of thioether (sulfide) groups is 1. The summed E-state index contributed by atoms with van der Waals surface area (Å²) >= 11 is 1.91. The number of rotatable bonds is 7. The van der Waals surface area contributed by atoms with Gasteiger partial charge in [0.2, 0.25) is 0 Å². The molecule has 4 heteroatoms. The summed E-state index contributed by atoms with van der Waals surface area (Å²) in [6, 6.07) is 15.3. The van der Waals surface area contributed by atoms with E-state index in [0.29, 0.717) is 0 Å². The fourth-order valence-corrected chi connectivity index (χ4v) is 5.02. The maximum atomic E-state index is 5.98. The minimum Gasteiger partial charge on any atom is -0.494 e. The number of nitrogens with zero attached hydrogens (tertiary/aromatic N) is 1. The van der Waals surface area contributed by atoms with Crippen molar-refractivity contribution in [2.24, 2.45) is 4.99 Å². The third-order valence-corrected chi connectivity index (χ3v) is 7.04. The topological polar surface area (TPSA) is 30.8 Å². The molecule has 1 heterocycles. The molecule has 2 aromatic carbocycles. The van der Waals surface area contributed by atoms with Gasteiger partial charge in [-0.25, -0.2) is 4.99 Å². The van der Waals surface area contributed by atoms with E-state index in [4.69, 9.17) is 9.47 Å². The van der Waals surface area contributed by atoms with Crippen LogP contribution in [0.1, 0.15) is 69.4 Å². The van der Waals surface area contributed by atoms with Gasteiger partial charge in [0.25, 0.3) is 0 Å². The number of benzene rings is 2. The summed E-state index contributed by atoms with van der Waals surface area (Å²) in [5, 5.41) is 0. The molecule has 1 saturated carbocycles. The molecule has 2 aliphatic rings. The molecule has 0 unspecified atom stereocenters. The summed E-state index contributed by atoms with van der Waals surface area (Å²) in [4.78, 5) is 5.66. The Bertz CT molecular complexity index is 838. The minimum atomic E-state index is -0.365. The van der Waals surface area contributed by atoms with Crippen LogP contribution in [-0.4, -0.2) is 18.8 Å². The van der Waals surface area contributed by atoms with Crippen LogP contribution in [0.15, 0.2) is 52.4 Å². The second-order valence-corrected chi connectivity index (χ2v) is 9.66. The molecule has 0 radical (unpaired) electrons. The predicted molar refractivity (Wildman–Crippen MR) is 122 cm³/mol. The Hall–Kier alpha value is -1.94. The van der Waals surface area contributed by atoms with E-state index < -0.39 is 0 Å². The van der Waals surface area contributed by atoms with Crippen molar-refractivity contribution in [3.63, 3.8) is 0 Å². The molecule has 29 heavy (non-hydrogen) atoms. The standard InChI is InChI=1S/C25H31NO2S/c1-25(2)23-17-21(11-14-24(23)26-18-28-25)27-15-6-16-29-22-12-9-20(10-13-22)19-7-4-3-5-8-19/h9-14,17-19H,3-8,15-16H2,1-2H3. The zero-order chi connectivity index (χ0) is 20.1. The van der Waals surface area contributed by atoms with Crippen molar-refractivity contribution in [3.8, 4) is 5.75 Å². The summed E-state index contributed by atoms with van der Waals surface area (Å²) in [5.41, 5.74) is 3.20. The Morgan fingerprint density at radius 2 is 1.86 bits per heavy atom. The van der Waals surface area contributed by atoms with Crippen LogP contribution in [0.3, 0.4) is 0 Å². The van der Waals surface area contributed by atoms with E-state index in [-0.39, 0.29) is 5.60 Å². The Morgan fingerprint density at radius 3 is 2.66 bits per heavy atom. The molecule has 0 spiro atoms. The Kier molecular flexibility index (Phi) is 6.49. The minimum absolute atomic E-state index is 0.365. The van der Waals surface area contributed by atoms with Gasteiger partial charge in [-0.15, -0.1) is 11.8 Å². The van der Waals surface area contributed by atoms with Crippen molar-refractivity contribution in [2.45, 2.75) is 68.8 Å². The van der Waals surface area contributed by atoms with E-state index in [1.165, 1.54) is 49.0 Å². The van der Waals surface area contributed by atoms with Gasteiger partial charge >= 0.3 is 0 Å². The van der Waals surface area contributed by atoms with Crippen LogP contribution in [0.25, 0.3) is 0 Å². The molecule has 154 valence electrons. The highest BCUT2D eigenvalue weighted by Gasteiger charge is 2.27. The lowest BCUT2D eigenvalue weighted by Crippen LogP contribution is -2.23. The van der Waals surface area contributed by atoms with Crippen LogP contribution in [0.2, 0.25) is 0 Å². The zero-order valence-corrected chi connectivity index (χ0v) is 18.3. The molecule has 3 nitrogen and oxygen atoms in total. The molecule has 0 saturated heterocycles. The van der Waals surface area contributed by atoms with E-state index >= 15 is 0 Å². The molecule has 0 N–H and O–H groups in total. The predicted octanol–water partition coefficient (Wildman–Crippen LogP) is 7.22. The van der Waals surface area contributed by atoms with Crippen molar-refractivity contribution in [1.29, 1.82) is 0 Å². The van der Waals surface area contributed by atoms with Gasteiger partial charge in [0.15, 0.2) is 6.40 Å². The van der Waals surface area contributed by atoms with Crippen molar-refractivity contribution < 1.29 is 9.47 Å². The molecule has 0 bridgehead atoms. The lowest BCUT2D eigenvalue weighted by Gasteiger charge is -2.29. The highest BCUT2D eigenvalue weighted by Crippen LogP contribution is 2.38. The van der Waals surface area contributed by atoms with Crippen molar-refractivity contribution >= 4 is 23.8 Å².